The van der Waals surface area contributed by atoms with Crippen molar-refractivity contribution in [1.29, 1.82) is 5.26 Å². The fourth-order valence-corrected chi connectivity index (χ4v) is 5.27. The molecule has 3 aromatic rings. The number of halogens is 1. The molecule has 1 aliphatic heterocycles. The predicted molar refractivity (Wildman–Crippen MR) is 135 cm³/mol. The lowest BCUT2D eigenvalue weighted by atomic mass is 9.91. The molecule has 0 bridgehead atoms. The summed E-state index contributed by atoms with van der Waals surface area (Å²) in [5.74, 6) is 0.560. The number of allylic oxidation sites excluding steroid dienone is 1. The molecule has 166 valence electrons. The first-order valence-corrected chi connectivity index (χ1v) is 12.7. The fourth-order valence-electron chi connectivity index (χ4n) is 3.95. The van der Waals surface area contributed by atoms with Gasteiger partial charge < -0.3 is 5.32 Å². The Hall–Kier alpha value is -3.40. The number of aromatic nitrogens is 1. The quantitative estimate of drug-likeness (QED) is 0.496. The van der Waals surface area contributed by atoms with Crippen LogP contribution in [-0.4, -0.2) is 19.7 Å². The molecule has 7 heteroatoms. The van der Waals surface area contributed by atoms with E-state index in [4.69, 9.17) is 16.6 Å². The van der Waals surface area contributed by atoms with E-state index in [1.54, 1.807) is 12.1 Å². The topological polar surface area (TPSA) is 82.8 Å². The summed E-state index contributed by atoms with van der Waals surface area (Å²) in [6, 6.07) is 13.5. The fraction of sp³-hybridized carbons (Fsp3) is 0.154. The molecule has 0 unspecified atom stereocenters. The zero-order chi connectivity index (χ0) is 23.9. The number of nitrogens with zero attached hydrogens (tertiary/aromatic N) is 2. The summed E-state index contributed by atoms with van der Waals surface area (Å²) < 4.78 is 23.7. The highest BCUT2D eigenvalue weighted by molar-refractivity contribution is 7.89. The number of rotatable bonds is 4. The minimum absolute atomic E-state index is 0.120. The van der Waals surface area contributed by atoms with E-state index in [1.807, 2.05) is 50.3 Å². The standard InChI is InChI=1S/C26H22ClN3O2S/c1-15-10-20(12-24(27)23(15)14-33(4,31)32)22-11-18-9-8-16(2)29-26(18)30-25(22)21-7-5-6-19(13-28)17(21)3/h5-12H,2,14H2,1,3-4H3,(H,29,30). The van der Waals surface area contributed by atoms with Crippen molar-refractivity contribution in [3.63, 3.8) is 0 Å². The van der Waals surface area contributed by atoms with Crippen LogP contribution in [-0.2, 0) is 15.6 Å². The van der Waals surface area contributed by atoms with Crippen LogP contribution in [0.3, 0.4) is 0 Å². The number of nitrogens with one attached hydrogen (secondary N) is 1. The highest BCUT2D eigenvalue weighted by atomic mass is 35.5. The Morgan fingerprint density at radius 3 is 2.58 bits per heavy atom. The van der Waals surface area contributed by atoms with Crippen molar-refractivity contribution in [2.45, 2.75) is 19.6 Å². The van der Waals surface area contributed by atoms with Gasteiger partial charge in [-0.25, -0.2) is 13.4 Å². The average molecular weight is 476 g/mol. The molecule has 0 atom stereocenters. The van der Waals surface area contributed by atoms with Crippen LogP contribution in [0.4, 0.5) is 5.82 Å². The van der Waals surface area contributed by atoms with Crippen molar-refractivity contribution in [3.05, 3.63) is 87.6 Å². The normalized spacial score (nSPS) is 12.8. The summed E-state index contributed by atoms with van der Waals surface area (Å²) in [5.41, 5.74) is 7.61. The summed E-state index contributed by atoms with van der Waals surface area (Å²) in [7, 11) is -3.23. The second kappa shape index (κ2) is 8.51. The van der Waals surface area contributed by atoms with Crippen LogP contribution >= 0.6 is 11.6 Å². The van der Waals surface area contributed by atoms with E-state index >= 15 is 0 Å². The molecule has 2 heterocycles. The molecule has 1 aliphatic rings. The van der Waals surface area contributed by atoms with Gasteiger partial charge in [-0.1, -0.05) is 36.4 Å². The van der Waals surface area contributed by atoms with Gasteiger partial charge in [-0.2, -0.15) is 5.26 Å². The van der Waals surface area contributed by atoms with Crippen LogP contribution < -0.4 is 5.32 Å². The number of anilines is 1. The third-order valence-corrected chi connectivity index (χ3v) is 6.79. The first-order chi connectivity index (χ1) is 15.6. The molecule has 0 spiro atoms. The monoisotopic (exact) mass is 475 g/mol. The van der Waals surface area contributed by atoms with Gasteiger partial charge in [0.25, 0.3) is 0 Å². The van der Waals surface area contributed by atoms with Crippen molar-refractivity contribution in [1.82, 2.24) is 4.98 Å². The minimum Gasteiger partial charge on any atom is -0.340 e. The maximum Gasteiger partial charge on any atom is 0.151 e. The molecule has 5 nitrogen and oxygen atoms in total. The van der Waals surface area contributed by atoms with Crippen LogP contribution in [0.2, 0.25) is 5.02 Å². The first-order valence-electron chi connectivity index (χ1n) is 10.2. The maximum atomic E-state index is 11.9. The minimum atomic E-state index is -3.23. The van der Waals surface area contributed by atoms with Crippen LogP contribution in [0.15, 0.2) is 54.8 Å². The number of hydrogen-bond donors (Lipinski definition) is 1. The SMILES string of the molecule is C=C1C=Cc2cc(-c3cc(C)c(CS(C)(=O)=O)c(Cl)c3)c(-c3cccc(C#N)c3C)nc2N1. The molecule has 33 heavy (non-hydrogen) atoms. The van der Waals surface area contributed by atoms with E-state index in [9.17, 15) is 13.7 Å². The number of aryl methyl sites for hydroxylation is 1. The largest absolute Gasteiger partial charge is 0.340 e. The number of fused-ring (bicyclic) bond motifs is 1. The Labute approximate surface area is 199 Å². The number of sulfone groups is 1. The number of nitriles is 1. The Morgan fingerprint density at radius 2 is 1.91 bits per heavy atom. The van der Waals surface area contributed by atoms with Crippen molar-refractivity contribution >= 4 is 33.3 Å². The lowest BCUT2D eigenvalue weighted by Crippen LogP contribution is -2.07. The molecule has 0 aliphatic carbocycles. The Bertz CT molecular complexity index is 1480. The summed E-state index contributed by atoms with van der Waals surface area (Å²) in [4.78, 5) is 4.92. The van der Waals surface area contributed by atoms with E-state index in [0.29, 0.717) is 27.7 Å². The summed E-state index contributed by atoms with van der Waals surface area (Å²) >= 11 is 6.56. The maximum absolute atomic E-state index is 11.9. The second-order valence-corrected chi connectivity index (χ2v) is 10.8. The molecule has 0 saturated carbocycles. The number of hydrogen-bond acceptors (Lipinski definition) is 5. The van der Waals surface area contributed by atoms with Gasteiger partial charge in [0.1, 0.15) is 5.82 Å². The van der Waals surface area contributed by atoms with Gasteiger partial charge in [0.05, 0.1) is 23.1 Å². The van der Waals surface area contributed by atoms with Gasteiger partial charge in [-0.3, -0.25) is 0 Å². The Morgan fingerprint density at radius 1 is 1.15 bits per heavy atom. The van der Waals surface area contributed by atoms with Gasteiger partial charge in [0.2, 0.25) is 0 Å². The average Bonchev–Trinajstić information content (AvgIpc) is 2.75. The van der Waals surface area contributed by atoms with E-state index in [2.05, 4.69) is 18.0 Å². The van der Waals surface area contributed by atoms with Crippen molar-refractivity contribution in [3.8, 4) is 28.5 Å². The summed E-state index contributed by atoms with van der Waals surface area (Å²) in [6.45, 7) is 7.71. The van der Waals surface area contributed by atoms with Gasteiger partial charge >= 0.3 is 0 Å². The van der Waals surface area contributed by atoms with Crippen LogP contribution in [0, 0.1) is 25.2 Å². The predicted octanol–water partition coefficient (Wildman–Crippen LogP) is 6.05. The third kappa shape index (κ3) is 4.56. The Kier molecular flexibility index (Phi) is 5.87. The Balaban J connectivity index is 1.99. The van der Waals surface area contributed by atoms with Crippen molar-refractivity contribution in [2.75, 3.05) is 11.6 Å². The van der Waals surface area contributed by atoms with Crippen molar-refractivity contribution in [2.24, 2.45) is 0 Å². The van der Waals surface area contributed by atoms with Crippen molar-refractivity contribution < 1.29 is 8.42 Å². The third-order valence-electron chi connectivity index (χ3n) is 5.64. The van der Waals surface area contributed by atoms with Gasteiger partial charge in [0.15, 0.2) is 9.84 Å². The molecule has 1 aromatic heterocycles. The number of pyridine rings is 1. The highest BCUT2D eigenvalue weighted by Crippen LogP contribution is 2.39. The van der Waals surface area contributed by atoms with Gasteiger partial charge in [-0.15, -0.1) is 0 Å². The molecule has 2 aromatic carbocycles. The summed E-state index contributed by atoms with van der Waals surface area (Å²) in [5, 5.41) is 13.1. The van der Waals surface area contributed by atoms with E-state index in [0.717, 1.165) is 39.1 Å². The molecule has 0 saturated heterocycles. The lowest BCUT2D eigenvalue weighted by Gasteiger charge is -2.20. The second-order valence-electron chi connectivity index (χ2n) is 8.22. The van der Waals surface area contributed by atoms with Crippen LogP contribution in [0.25, 0.3) is 28.5 Å². The van der Waals surface area contributed by atoms with E-state index in [-0.39, 0.29) is 5.75 Å². The van der Waals surface area contributed by atoms with E-state index < -0.39 is 9.84 Å². The molecular formula is C26H22ClN3O2S. The molecule has 0 fully saturated rings. The summed E-state index contributed by atoms with van der Waals surface area (Å²) in [6.07, 6.45) is 5.02. The van der Waals surface area contributed by atoms with E-state index in [1.165, 1.54) is 6.26 Å². The first kappa shape index (κ1) is 22.8. The van der Waals surface area contributed by atoms with Gasteiger partial charge in [0, 0.05) is 33.7 Å². The highest BCUT2D eigenvalue weighted by Gasteiger charge is 2.20. The lowest BCUT2D eigenvalue weighted by molar-refractivity contribution is 0.601. The zero-order valence-corrected chi connectivity index (χ0v) is 20.1. The molecular weight excluding hydrogens is 454 g/mol. The van der Waals surface area contributed by atoms with Crippen LogP contribution in [0.1, 0.15) is 27.8 Å². The van der Waals surface area contributed by atoms with Gasteiger partial charge in [-0.05, 0) is 66.5 Å². The zero-order valence-electron chi connectivity index (χ0n) is 18.5. The molecule has 0 radical (unpaired) electrons. The molecule has 4 rings (SSSR count). The molecule has 0 amide bonds. The van der Waals surface area contributed by atoms with Crippen LogP contribution in [0.5, 0.6) is 0 Å². The molecule has 1 N–H and O–H groups in total. The smallest absolute Gasteiger partial charge is 0.151 e. The number of benzene rings is 2.